The van der Waals surface area contributed by atoms with Crippen LogP contribution in [0.5, 0.6) is 5.75 Å². The number of furan rings is 1. The first-order chi connectivity index (χ1) is 8.31. The number of rotatable bonds is 4. The molecule has 4 nitrogen and oxygen atoms in total. The fourth-order valence-electron chi connectivity index (χ4n) is 1.43. The molecule has 0 bridgehead atoms. The highest BCUT2D eigenvalue weighted by Gasteiger charge is 2.00. The summed E-state index contributed by atoms with van der Waals surface area (Å²) in [4.78, 5) is 0. The van der Waals surface area contributed by atoms with Gasteiger partial charge in [-0.2, -0.15) is 5.26 Å². The van der Waals surface area contributed by atoms with Crippen LogP contribution in [0, 0.1) is 11.3 Å². The molecule has 1 aromatic heterocycles. The van der Waals surface area contributed by atoms with Crippen molar-refractivity contribution < 1.29 is 9.15 Å². The van der Waals surface area contributed by atoms with Gasteiger partial charge in [-0.15, -0.1) is 0 Å². The second kappa shape index (κ2) is 5.08. The molecule has 2 rings (SSSR count). The van der Waals surface area contributed by atoms with Crippen molar-refractivity contribution in [1.82, 2.24) is 0 Å². The summed E-state index contributed by atoms with van der Waals surface area (Å²) in [5, 5.41) is 11.8. The molecule has 0 aliphatic rings. The van der Waals surface area contributed by atoms with Gasteiger partial charge in [-0.3, -0.25) is 0 Å². The van der Waals surface area contributed by atoms with Crippen molar-refractivity contribution in [1.29, 1.82) is 5.26 Å². The Bertz CT molecular complexity index is 523. The Morgan fingerprint density at radius 2 is 2.00 bits per heavy atom. The van der Waals surface area contributed by atoms with E-state index in [9.17, 15) is 0 Å². The van der Waals surface area contributed by atoms with Gasteiger partial charge in [0.05, 0.1) is 13.7 Å². The third-order valence-corrected chi connectivity index (χ3v) is 2.33. The number of benzene rings is 1. The van der Waals surface area contributed by atoms with Crippen molar-refractivity contribution in [2.24, 2.45) is 0 Å². The van der Waals surface area contributed by atoms with Crippen LogP contribution in [0.1, 0.15) is 11.5 Å². The molecule has 0 saturated carbocycles. The molecule has 4 heteroatoms. The number of anilines is 1. The Morgan fingerprint density at radius 3 is 2.59 bits per heavy atom. The number of hydrogen-bond acceptors (Lipinski definition) is 4. The zero-order valence-corrected chi connectivity index (χ0v) is 9.43. The molecule has 0 unspecified atom stereocenters. The van der Waals surface area contributed by atoms with Gasteiger partial charge in [-0.05, 0) is 36.4 Å². The van der Waals surface area contributed by atoms with Crippen molar-refractivity contribution in [3.8, 4) is 11.8 Å². The lowest BCUT2D eigenvalue weighted by molar-refractivity contribution is 0.415. The van der Waals surface area contributed by atoms with E-state index in [4.69, 9.17) is 14.4 Å². The second-order valence-corrected chi connectivity index (χ2v) is 3.46. The van der Waals surface area contributed by atoms with Crippen molar-refractivity contribution in [2.45, 2.75) is 6.54 Å². The molecule has 1 N–H and O–H groups in total. The van der Waals surface area contributed by atoms with Crippen molar-refractivity contribution >= 4 is 5.69 Å². The second-order valence-electron chi connectivity index (χ2n) is 3.46. The highest BCUT2D eigenvalue weighted by Crippen LogP contribution is 2.16. The molecule has 0 amide bonds. The van der Waals surface area contributed by atoms with Crippen molar-refractivity contribution in [2.75, 3.05) is 12.4 Å². The predicted octanol–water partition coefficient (Wildman–Crippen LogP) is 2.77. The van der Waals surface area contributed by atoms with Crippen LogP contribution in [0.3, 0.4) is 0 Å². The lowest BCUT2D eigenvalue weighted by Gasteiger charge is -2.05. The summed E-state index contributed by atoms with van der Waals surface area (Å²) in [6, 6.07) is 13.0. The first-order valence-corrected chi connectivity index (χ1v) is 5.18. The third-order valence-electron chi connectivity index (χ3n) is 2.33. The van der Waals surface area contributed by atoms with E-state index in [0.717, 1.165) is 17.2 Å². The minimum Gasteiger partial charge on any atom is -0.497 e. The summed E-state index contributed by atoms with van der Waals surface area (Å²) in [6.45, 7) is 0.550. The van der Waals surface area contributed by atoms with Gasteiger partial charge < -0.3 is 14.5 Å². The SMILES string of the molecule is COc1ccc(NCc2ccc(C#N)o2)cc1. The number of nitriles is 1. The molecule has 0 fully saturated rings. The standard InChI is InChI=1S/C13H12N2O2/c1-16-11-4-2-10(3-5-11)15-9-13-7-6-12(8-14)17-13/h2-7,15H,9H2,1H3. The summed E-state index contributed by atoms with van der Waals surface area (Å²) in [6.07, 6.45) is 0. The molecular weight excluding hydrogens is 216 g/mol. The van der Waals surface area contributed by atoms with E-state index in [1.54, 1.807) is 19.2 Å². The Balaban J connectivity index is 1.95. The number of nitrogens with one attached hydrogen (secondary N) is 1. The summed E-state index contributed by atoms with van der Waals surface area (Å²) in [7, 11) is 1.63. The van der Waals surface area contributed by atoms with Gasteiger partial charge in [0, 0.05) is 5.69 Å². The van der Waals surface area contributed by atoms with Gasteiger partial charge >= 0.3 is 0 Å². The average Bonchev–Trinajstić information content (AvgIpc) is 2.85. The van der Waals surface area contributed by atoms with Crippen LogP contribution in [0.25, 0.3) is 0 Å². The van der Waals surface area contributed by atoms with E-state index in [1.165, 1.54) is 0 Å². The molecule has 0 radical (unpaired) electrons. The number of hydrogen-bond donors (Lipinski definition) is 1. The first-order valence-electron chi connectivity index (χ1n) is 5.18. The quantitative estimate of drug-likeness (QED) is 0.874. The van der Waals surface area contributed by atoms with Gasteiger partial charge in [0.25, 0.3) is 0 Å². The maximum Gasteiger partial charge on any atom is 0.203 e. The minimum atomic E-state index is 0.330. The minimum absolute atomic E-state index is 0.330. The molecular formula is C13H12N2O2. The molecule has 17 heavy (non-hydrogen) atoms. The zero-order valence-electron chi connectivity index (χ0n) is 9.43. The van der Waals surface area contributed by atoms with Crippen LogP contribution in [0.4, 0.5) is 5.69 Å². The summed E-state index contributed by atoms with van der Waals surface area (Å²) in [5.41, 5.74) is 0.973. The monoisotopic (exact) mass is 228 g/mol. The van der Waals surface area contributed by atoms with Crippen LogP contribution in [0.15, 0.2) is 40.8 Å². The van der Waals surface area contributed by atoms with E-state index in [-0.39, 0.29) is 0 Å². The zero-order chi connectivity index (χ0) is 12.1. The Kier molecular flexibility index (Phi) is 3.31. The predicted molar refractivity (Wildman–Crippen MR) is 63.7 cm³/mol. The summed E-state index contributed by atoms with van der Waals surface area (Å²) < 4.78 is 10.3. The summed E-state index contributed by atoms with van der Waals surface area (Å²) >= 11 is 0. The van der Waals surface area contributed by atoms with Crippen LogP contribution in [0.2, 0.25) is 0 Å². The van der Waals surface area contributed by atoms with Gasteiger partial charge in [-0.1, -0.05) is 0 Å². The van der Waals surface area contributed by atoms with Crippen LogP contribution in [-0.2, 0) is 6.54 Å². The van der Waals surface area contributed by atoms with Crippen molar-refractivity contribution in [3.05, 3.63) is 47.9 Å². The van der Waals surface area contributed by atoms with Gasteiger partial charge in [0.1, 0.15) is 17.6 Å². The maximum atomic E-state index is 8.62. The van der Waals surface area contributed by atoms with Crippen LogP contribution in [-0.4, -0.2) is 7.11 Å². The van der Waals surface area contributed by atoms with Gasteiger partial charge in [-0.25, -0.2) is 0 Å². The number of methoxy groups -OCH3 is 1. The molecule has 0 atom stereocenters. The third kappa shape index (κ3) is 2.79. The van der Waals surface area contributed by atoms with E-state index >= 15 is 0 Å². The topological polar surface area (TPSA) is 58.2 Å². The van der Waals surface area contributed by atoms with Crippen LogP contribution < -0.4 is 10.1 Å². The lowest BCUT2D eigenvalue weighted by atomic mass is 10.3. The fourth-order valence-corrected chi connectivity index (χ4v) is 1.43. The highest BCUT2D eigenvalue weighted by molar-refractivity contribution is 5.46. The summed E-state index contributed by atoms with van der Waals surface area (Å²) in [5.74, 6) is 1.88. The Hall–Kier alpha value is -2.41. The van der Waals surface area contributed by atoms with Crippen molar-refractivity contribution in [3.63, 3.8) is 0 Å². The molecule has 0 saturated heterocycles. The van der Waals surface area contributed by atoms with Gasteiger partial charge in [0.2, 0.25) is 5.76 Å². The molecule has 1 aromatic carbocycles. The molecule has 1 heterocycles. The Morgan fingerprint density at radius 1 is 1.24 bits per heavy atom. The molecule has 2 aromatic rings. The molecule has 0 spiro atoms. The molecule has 0 aliphatic heterocycles. The number of nitrogens with zero attached hydrogens (tertiary/aromatic N) is 1. The van der Waals surface area contributed by atoms with Gasteiger partial charge in [0.15, 0.2) is 0 Å². The van der Waals surface area contributed by atoms with Crippen LogP contribution >= 0.6 is 0 Å². The van der Waals surface area contributed by atoms with E-state index in [0.29, 0.717) is 12.3 Å². The lowest BCUT2D eigenvalue weighted by Crippen LogP contribution is -1.97. The van der Waals surface area contributed by atoms with E-state index in [1.807, 2.05) is 30.3 Å². The largest absolute Gasteiger partial charge is 0.497 e. The normalized spacial score (nSPS) is 9.65. The average molecular weight is 228 g/mol. The van der Waals surface area contributed by atoms with E-state index < -0.39 is 0 Å². The first kappa shape index (κ1) is 11.1. The highest BCUT2D eigenvalue weighted by atomic mass is 16.5. The van der Waals surface area contributed by atoms with E-state index in [2.05, 4.69) is 5.32 Å². The Labute approximate surface area is 99.4 Å². The maximum absolute atomic E-state index is 8.62. The fraction of sp³-hybridized carbons (Fsp3) is 0.154. The molecule has 86 valence electrons. The number of ether oxygens (including phenoxy) is 1. The molecule has 0 aliphatic carbocycles. The smallest absolute Gasteiger partial charge is 0.203 e.